The first-order valence-corrected chi connectivity index (χ1v) is 7.62. The molecule has 0 aromatic rings. The standard InChI is InChI=1S/C15H29NO2/c1-3-12(2)10-14(16)13-4-7-18-15(11-13)5-8-17-9-6-15/h12-14H,3-11,16H2,1-2H3. The lowest BCUT2D eigenvalue weighted by Crippen LogP contribution is -2.48. The highest BCUT2D eigenvalue weighted by molar-refractivity contribution is 4.92. The molecule has 0 saturated carbocycles. The van der Waals surface area contributed by atoms with E-state index in [1.165, 1.54) is 6.42 Å². The van der Waals surface area contributed by atoms with Crippen LogP contribution < -0.4 is 5.73 Å². The molecule has 2 fully saturated rings. The first-order chi connectivity index (χ1) is 8.65. The first kappa shape index (κ1) is 14.3. The summed E-state index contributed by atoms with van der Waals surface area (Å²) < 4.78 is 11.5. The lowest BCUT2D eigenvalue weighted by atomic mass is 9.76. The smallest absolute Gasteiger partial charge is 0.0729 e. The average molecular weight is 255 g/mol. The summed E-state index contributed by atoms with van der Waals surface area (Å²) in [4.78, 5) is 0. The van der Waals surface area contributed by atoms with Gasteiger partial charge in [-0.25, -0.2) is 0 Å². The number of nitrogens with two attached hydrogens (primary N) is 1. The maximum atomic E-state index is 6.43. The molecule has 3 nitrogen and oxygen atoms in total. The molecule has 0 aliphatic carbocycles. The van der Waals surface area contributed by atoms with Gasteiger partial charge >= 0.3 is 0 Å². The van der Waals surface area contributed by atoms with E-state index in [2.05, 4.69) is 13.8 Å². The molecule has 18 heavy (non-hydrogen) atoms. The van der Waals surface area contributed by atoms with E-state index >= 15 is 0 Å². The second kappa shape index (κ2) is 6.36. The molecule has 2 saturated heterocycles. The van der Waals surface area contributed by atoms with Crippen molar-refractivity contribution in [2.24, 2.45) is 17.6 Å². The Bertz CT molecular complexity index is 245. The molecule has 0 bridgehead atoms. The van der Waals surface area contributed by atoms with Crippen LogP contribution in [0.4, 0.5) is 0 Å². The predicted molar refractivity (Wildman–Crippen MR) is 73.5 cm³/mol. The van der Waals surface area contributed by atoms with Crippen LogP contribution in [-0.4, -0.2) is 31.5 Å². The summed E-state index contributed by atoms with van der Waals surface area (Å²) in [5, 5.41) is 0. The van der Waals surface area contributed by atoms with Crippen molar-refractivity contribution in [1.29, 1.82) is 0 Å². The molecule has 1 spiro atoms. The summed E-state index contributed by atoms with van der Waals surface area (Å²) in [6, 6.07) is 0.351. The zero-order chi connectivity index (χ0) is 13.0. The zero-order valence-corrected chi connectivity index (χ0v) is 12.0. The molecular weight excluding hydrogens is 226 g/mol. The van der Waals surface area contributed by atoms with Crippen molar-refractivity contribution in [2.75, 3.05) is 19.8 Å². The average Bonchev–Trinajstić information content (AvgIpc) is 2.39. The van der Waals surface area contributed by atoms with Crippen molar-refractivity contribution >= 4 is 0 Å². The number of hydrogen-bond acceptors (Lipinski definition) is 3. The van der Waals surface area contributed by atoms with Gasteiger partial charge in [0, 0.05) is 25.9 Å². The van der Waals surface area contributed by atoms with Gasteiger partial charge in [0.15, 0.2) is 0 Å². The molecule has 3 heteroatoms. The minimum Gasteiger partial charge on any atom is -0.381 e. The van der Waals surface area contributed by atoms with Crippen LogP contribution in [0.3, 0.4) is 0 Å². The Labute approximate surface area is 111 Å². The Hall–Kier alpha value is -0.120. The molecule has 2 heterocycles. The highest BCUT2D eigenvalue weighted by Crippen LogP contribution is 2.38. The minimum absolute atomic E-state index is 0.0915. The van der Waals surface area contributed by atoms with E-state index in [0.717, 1.165) is 57.8 Å². The van der Waals surface area contributed by atoms with Crippen LogP contribution in [-0.2, 0) is 9.47 Å². The van der Waals surface area contributed by atoms with Gasteiger partial charge in [-0.3, -0.25) is 0 Å². The Kier molecular flexibility index (Phi) is 5.05. The van der Waals surface area contributed by atoms with E-state index in [4.69, 9.17) is 15.2 Å². The molecule has 0 aromatic carbocycles. The highest BCUT2D eigenvalue weighted by atomic mass is 16.5. The fourth-order valence-electron chi connectivity index (χ4n) is 3.35. The van der Waals surface area contributed by atoms with Gasteiger partial charge in [-0.15, -0.1) is 0 Å². The highest BCUT2D eigenvalue weighted by Gasteiger charge is 2.40. The molecular formula is C15H29NO2. The van der Waals surface area contributed by atoms with Crippen molar-refractivity contribution in [2.45, 2.75) is 64.0 Å². The second-order valence-electron chi connectivity index (χ2n) is 6.31. The Morgan fingerprint density at radius 2 is 2.00 bits per heavy atom. The number of ether oxygens (including phenoxy) is 2. The second-order valence-corrected chi connectivity index (χ2v) is 6.31. The largest absolute Gasteiger partial charge is 0.381 e. The summed E-state index contributed by atoms with van der Waals surface area (Å²) >= 11 is 0. The van der Waals surface area contributed by atoms with Crippen LogP contribution in [0, 0.1) is 11.8 Å². The summed E-state index contributed by atoms with van der Waals surface area (Å²) in [6.07, 6.45) is 6.79. The van der Waals surface area contributed by atoms with E-state index in [9.17, 15) is 0 Å². The Morgan fingerprint density at radius 1 is 1.28 bits per heavy atom. The van der Waals surface area contributed by atoms with Gasteiger partial charge in [-0.05, 0) is 43.9 Å². The van der Waals surface area contributed by atoms with Gasteiger partial charge in [0.05, 0.1) is 5.60 Å². The predicted octanol–water partition coefficient (Wildman–Crippen LogP) is 2.73. The lowest BCUT2D eigenvalue weighted by Gasteiger charge is -2.45. The third-order valence-electron chi connectivity index (χ3n) is 4.91. The van der Waals surface area contributed by atoms with Gasteiger partial charge in [0.25, 0.3) is 0 Å². The van der Waals surface area contributed by atoms with Crippen LogP contribution in [0.25, 0.3) is 0 Å². The monoisotopic (exact) mass is 255 g/mol. The molecule has 2 aliphatic heterocycles. The third kappa shape index (κ3) is 3.46. The molecule has 3 atom stereocenters. The Balaban J connectivity index is 1.89. The zero-order valence-electron chi connectivity index (χ0n) is 12.0. The third-order valence-corrected chi connectivity index (χ3v) is 4.91. The lowest BCUT2D eigenvalue weighted by molar-refractivity contribution is -0.149. The van der Waals surface area contributed by atoms with Crippen molar-refractivity contribution in [1.82, 2.24) is 0 Å². The van der Waals surface area contributed by atoms with Crippen LogP contribution >= 0.6 is 0 Å². The number of rotatable bonds is 4. The van der Waals surface area contributed by atoms with E-state index < -0.39 is 0 Å². The van der Waals surface area contributed by atoms with E-state index in [1.807, 2.05) is 0 Å². The van der Waals surface area contributed by atoms with Gasteiger partial charge in [0.2, 0.25) is 0 Å². The molecule has 106 valence electrons. The van der Waals surface area contributed by atoms with Crippen LogP contribution in [0.5, 0.6) is 0 Å². The summed E-state index contributed by atoms with van der Waals surface area (Å²) in [7, 11) is 0. The fraction of sp³-hybridized carbons (Fsp3) is 1.00. The van der Waals surface area contributed by atoms with E-state index in [-0.39, 0.29) is 5.60 Å². The van der Waals surface area contributed by atoms with Gasteiger partial charge in [-0.2, -0.15) is 0 Å². The van der Waals surface area contributed by atoms with Crippen molar-refractivity contribution in [3.05, 3.63) is 0 Å². The molecule has 2 aliphatic rings. The van der Waals surface area contributed by atoms with Gasteiger partial charge < -0.3 is 15.2 Å². The van der Waals surface area contributed by atoms with E-state index in [1.54, 1.807) is 0 Å². The van der Waals surface area contributed by atoms with Gasteiger partial charge in [-0.1, -0.05) is 20.3 Å². The minimum atomic E-state index is 0.0915. The maximum Gasteiger partial charge on any atom is 0.0729 e. The summed E-state index contributed by atoms with van der Waals surface area (Å²) in [5.41, 5.74) is 6.52. The summed E-state index contributed by atoms with van der Waals surface area (Å²) in [5.74, 6) is 1.39. The molecule has 3 unspecified atom stereocenters. The van der Waals surface area contributed by atoms with Crippen molar-refractivity contribution in [3.63, 3.8) is 0 Å². The molecule has 0 amide bonds. The first-order valence-electron chi connectivity index (χ1n) is 7.62. The van der Waals surface area contributed by atoms with Crippen LogP contribution in [0.15, 0.2) is 0 Å². The SMILES string of the molecule is CCC(C)CC(N)C1CCOC2(CCOCC2)C1. The quantitative estimate of drug-likeness (QED) is 0.840. The fourth-order valence-corrected chi connectivity index (χ4v) is 3.35. The Morgan fingerprint density at radius 3 is 2.67 bits per heavy atom. The molecule has 0 radical (unpaired) electrons. The van der Waals surface area contributed by atoms with Crippen molar-refractivity contribution < 1.29 is 9.47 Å². The van der Waals surface area contributed by atoms with E-state index in [0.29, 0.717) is 12.0 Å². The summed E-state index contributed by atoms with van der Waals surface area (Å²) in [6.45, 7) is 7.16. The normalized spacial score (nSPS) is 31.2. The van der Waals surface area contributed by atoms with Crippen LogP contribution in [0.2, 0.25) is 0 Å². The maximum absolute atomic E-state index is 6.43. The molecule has 2 rings (SSSR count). The number of hydrogen-bond donors (Lipinski definition) is 1. The molecule has 0 aromatic heterocycles. The van der Waals surface area contributed by atoms with Gasteiger partial charge in [0.1, 0.15) is 0 Å². The van der Waals surface area contributed by atoms with Crippen molar-refractivity contribution in [3.8, 4) is 0 Å². The van der Waals surface area contributed by atoms with Crippen LogP contribution in [0.1, 0.15) is 52.4 Å². The molecule has 2 N–H and O–H groups in total. The topological polar surface area (TPSA) is 44.5 Å².